The topological polar surface area (TPSA) is 74.7 Å². The number of likely N-dealkylation sites (N-methyl/N-ethyl adjacent to an activating group) is 1. The zero-order chi connectivity index (χ0) is 13.8. The van der Waals surface area contributed by atoms with Crippen LogP contribution < -0.4 is 11.3 Å². The molecule has 6 heteroatoms. The molecule has 1 saturated heterocycles. The van der Waals surface area contributed by atoms with Gasteiger partial charge < -0.3 is 9.32 Å². The molecule has 0 aromatic carbocycles. The van der Waals surface area contributed by atoms with Crippen molar-refractivity contribution in [1.82, 2.24) is 15.2 Å². The third-order valence-corrected chi connectivity index (χ3v) is 3.76. The quantitative estimate of drug-likeness (QED) is 0.469. The van der Waals surface area contributed by atoms with Crippen LogP contribution in [0.5, 0.6) is 0 Å². The number of rotatable bonds is 4. The number of nitrogens with zero attached hydrogens (tertiary/aromatic N) is 2. The van der Waals surface area contributed by atoms with E-state index in [-0.39, 0.29) is 5.91 Å². The highest BCUT2D eigenvalue weighted by atomic mass is 16.3. The van der Waals surface area contributed by atoms with Crippen LogP contribution in [-0.2, 0) is 6.54 Å². The molecule has 2 rings (SSSR count). The minimum atomic E-state index is -0.320. The number of piperazine rings is 1. The van der Waals surface area contributed by atoms with Gasteiger partial charge in [0.2, 0.25) is 0 Å². The van der Waals surface area contributed by atoms with E-state index in [4.69, 9.17) is 10.3 Å². The summed E-state index contributed by atoms with van der Waals surface area (Å²) in [7, 11) is 2.17. The van der Waals surface area contributed by atoms with Crippen molar-refractivity contribution in [1.29, 1.82) is 0 Å². The van der Waals surface area contributed by atoms with Crippen molar-refractivity contribution in [3.63, 3.8) is 0 Å². The highest BCUT2D eigenvalue weighted by Gasteiger charge is 2.23. The molecule has 1 atom stereocenters. The van der Waals surface area contributed by atoms with E-state index in [2.05, 4.69) is 29.2 Å². The Balaban J connectivity index is 1.94. The van der Waals surface area contributed by atoms with Gasteiger partial charge in [-0.15, -0.1) is 0 Å². The molecule has 0 saturated carbocycles. The molecule has 1 amide bonds. The van der Waals surface area contributed by atoms with Crippen LogP contribution in [0.1, 0.15) is 29.5 Å². The maximum absolute atomic E-state index is 11.3. The van der Waals surface area contributed by atoms with E-state index in [1.54, 1.807) is 6.07 Å². The predicted octanol–water partition coefficient (Wildman–Crippen LogP) is 0.409. The van der Waals surface area contributed by atoms with E-state index in [0.29, 0.717) is 11.6 Å². The van der Waals surface area contributed by atoms with Crippen LogP contribution in [0.3, 0.4) is 0 Å². The fourth-order valence-corrected chi connectivity index (χ4v) is 2.48. The van der Waals surface area contributed by atoms with Gasteiger partial charge in [0, 0.05) is 25.7 Å². The Morgan fingerprint density at radius 1 is 1.58 bits per heavy atom. The highest BCUT2D eigenvalue weighted by Crippen LogP contribution is 2.15. The lowest BCUT2D eigenvalue weighted by atomic mass is 10.1. The molecule has 0 radical (unpaired) electrons. The average molecular weight is 266 g/mol. The van der Waals surface area contributed by atoms with Crippen LogP contribution in [0, 0.1) is 0 Å². The Bertz CT molecular complexity index is 432. The molecule has 1 aromatic rings. The van der Waals surface area contributed by atoms with Crippen LogP contribution >= 0.6 is 0 Å². The number of furan rings is 1. The van der Waals surface area contributed by atoms with E-state index < -0.39 is 0 Å². The summed E-state index contributed by atoms with van der Waals surface area (Å²) in [5.41, 5.74) is 2.57. The van der Waals surface area contributed by atoms with Crippen molar-refractivity contribution in [2.24, 2.45) is 5.84 Å². The largest absolute Gasteiger partial charge is 0.467 e. The van der Waals surface area contributed by atoms with Gasteiger partial charge >= 0.3 is 0 Å². The number of hydrazine groups is 1. The molecule has 0 aliphatic carbocycles. The lowest BCUT2D eigenvalue weighted by Gasteiger charge is -2.38. The molecule has 3 N–H and O–H groups in total. The van der Waals surface area contributed by atoms with E-state index in [0.717, 1.165) is 38.4 Å². The van der Waals surface area contributed by atoms with Crippen LogP contribution in [0.4, 0.5) is 0 Å². The molecule has 1 fully saturated rings. The van der Waals surface area contributed by atoms with Crippen LogP contribution in [-0.4, -0.2) is 48.4 Å². The van der Waals surface area contributed by atoms with Gasteiger partial charge in [0.05, 0.1) is 12.1 Å². The summed E-state index contributed by atoms with van der Waals surface area (Å²) in [4.78, 5) is 16.1. The second-order valence-electron chi connectivity index (χ2n) is 5.05. The zero-order valence-electron chi connectivity index (χ0n) is 11.6. The van der Waals surface area contributed by atoms with E-state index in [1.165, 1.54) is 6.26 Å². The number of carbonyl (C=O) groups excluding carboxylic acids is 1. The van der Waals surface area contributed by atoms with Crippen molar-refractivity contribution in [3.05, 3.63) is 23.7 Å². The molecule has 6 nitrogen and oxygen atoms in total. The second kappa shape index (κ2) is 6.18. The summed E-state index contributed by atoms with van der Waals surface area (Å²) in [6, 6.07) is 2.34. The first-order valence-corrected chi connectivity index (χ1v) is 6.65. The standard InChI is InChI=1S/C13H22N4O2/c1-3-11-7-17(5-4-16(11)2)8-12-6-10(9-19-12)13(18)15-14/h6,9,11H,3-5,7-8,14H2,1-2H3,(H,15,18). The summed E-state index contributed by atoms with van der Waals surface area (Å²) in [5, 5.41) is 0. The molecule has 1 unspecified atom stereocenters. The Labute approximate surface area is 113 Å². The molecule has 0 bridgehead atoms. The lowest BCUT2D eigenvalue weighted by molar-refractivity contribution is 0.0836. The highest BCUT2D eigenvalue weighted by molar-refractivity contribution is 5.93. The number of hydrogen-bond acceptors (Lipinski definition) is 5. The van der Waals surface area contributed by atoms with Crippen molar-refractivity contribution < 1.29 is 9.21 Å². The van der Waals surface area contributed by atoms with Crippen molar-refractivity contribution >= 4 is 5.91 Å². The minimum absolute atomic E-state index is 0.320. The van der Waals surface area contributed by atoms with Gasteiger partial charge in [-0.25, -0.2) is 5.84 Å². The molecule has 106 valence electrons. The SMILES string of the molecule is CCC1CN(Cc2cc(C(=O)NN)co2)CCN1C. The normalized spacial score (nSPS) is 21.5. The lowest BCUT2D eigenvalue weighted by Crippen LogP contribution is -2.50. The van der Waals surface area contributed by atoms with Gasteiger partial charge in [-0.2, -0.15) is 0 Å². The number of hydrogen-bond donors (Lipinski definition) is 2. The van der Waals surface area contributed by atoms with E-state index >= 15 is 0 Å². The smallest absolute Gasteiger partial charge is 0.268 e. The van der Waals surface area contributed by atoms with Gasteiger partial charge in [-0.05, 0) is 19.5 Å². The Morgan fingerprint density at radius 2 is 2.37 bits per heavy atom. The molecule has 19 heavy (non-hydrogen) atoms. The monoisotopic (exact) mass is 266 g/mol. The molecular weight excluding hydrogens is 244 g/mol. The Hall–Kier alpha value is -1.37. The Morgan fingerprint density at radius 3 is 3.05 bits per heavy atom. The predicted molar refractivity (Wildman–Crippen MR) is 72.3 cm³/mol. The number of nitrogens with one attached hydrogen (secondary N) is 1. The number of nitrogen functional groups attached to an aromatic ring is 1. The third-order valence-electron chi connectivity index (χ3n) is 3.76. The van der Waals surface area contributed by atoms with Gasteiger partial charge in [0.25, 0.3) is 5.91 Å². The van der Waals surface area contributed by atoms with Gasteiger partial charge in [0.1, 0.15) is 12.0 Å². The number of amides is 1. The molecule has 1 aliphatic rings. The zero-order valence-corrected chi connectivity index (χ0v) is 11.6. The summed E-state index contributed by atoms with van der Waals surface area (Å²) in [5.74, 6) is 5.58. The summed E-state index contributed by atoms with van der Waals surface area (Å²) in [6.07, 6.45) is 2.59. The summed E-state index contributed by atoms with van der Waals surface area (Å²) < 4.78 is 5.41. The van der Waals surface area contributed by atoms with E-state index in [1.807, 2.05) is 0 Å². The fourth-order valence-electron chi connectivity index (χ4n) is 2.48. The number of nitrogens with two attached hydrogens (primary N) is 1. The molecule has 0 spiro atoms. The van der Waals surface area contributed by atoms with Gasteiger partial charge in [-0.3, -0.25) is 15.1 Å². The summed E-state index contributed by atoms with van der Waals surface area (Å²) in [6.45, 7) is 6.07. The van der Waals surface area contributed by atoms with Crippen LogP contribution in [0.25, 0.3) is 0 Å². The molecule has 2 heterocycles. The average Bonchev–Trinajstić information content (AvgIpc) is 2.88. The molecule has 1 aromatic heterocycles. The van der Waals surface area contributed by atoms with Gasteiger partial charge in [-0.1, -0.05) is 6.92 Å². The third kappa shape index (κ3) is 3.34. The maximum Gasteiger partial charge on any atom is 0.268 e. The second-order valence-corrected chi connectivity index (χ2v) is 5.05. The fraction of sp³-hybridized carbons (Fsp3) is 0.615. The van der Waals surface area contributed by atoms with Crippen LogP contribution in [0.2, 0.25) is 0 Å². The minimum Gasteiger partial charge on any atom is -0.467 e. The first-order valence-electron chi connectivity index (χ1n) is 6.65. The van der Waals surface area contributed by atoms with Crippen molar-refractivity contribution in [3.8, 4) is 0 Å². The van der Waals surface area contributed by atoms with Crippen molar-refractivity contribution in [2.45, 2.75) is 25.9 Å². The molecular formula is C13H22N4O2. The first kappa shape index (κ1) is 14.0. The van der Waals surface area contributed by atoms with Crippen molar-refractivity contribution in [2.75, 3.05) is 26.7 Å². The maximum atomic E-state index is 11.3. The Kier molecular flexibility index (Phi) is 4.57. The molecule has 1 aliphatic heterocycles. The first-order chi connectivity index (χ1) is 9.13. The summed E-state index contributed by atoms with van der Waals surface area (Å²) >= 11 is 0. The number of carbonyl (C=O) groups is 1. The van der Waals surface area contributed by atoms with E-state index in [9.17, 15) is 4.79 Å². The van der Waals surface area contributed by atoms with Gasteiger partial charge in [0.15, 0.2) is 0 Å². The van der Waals surface area contributed by atoms with Crippen LogP contribution in [0.15, 0.2) is 16.7 Å².